The Bertz CT molecular complexity index is 732. The molecule has 116 valence electrons. The van der Waals surface area contributed by atoms with E-state index >= 15 is 0 Å². The molecule has 0 aliphatic rings. The van der Waals surface area contributed by atoms with Crippen LogP contribution in [0.5, 0.6) is 0 Å². The Morgan fingerprint density at radius 2 is 2.00 bits per heavy atom. The summed E-state index contributed by atoms with van der Waals surface area (Å²) in [5.74, 6) is -1.19. The van der Waals surface area contributed by atoms with E-state index in [1.807, 2.05) is 20.8 Å². The number of hydrogen-bond donors (Lipinski definition) is 2. The molecule has 0 bridgehead atoms. The minimum Gasteiger partial charge on any atom is -0.288 e. The Kier molecular flexibility index (Phi) is 4.35. The van der Waals surface area contributed by atoms with Gasteiger partial charge in [-0.05, 0) is 32.9 Å². The van der Waals surface area contributed by atoms with Gasteiger partial charge in [0.2, 0.25) is 0 Å². The number of amides is 1. The molecule has 0 radical (unpaired) electrons. The molecule has 1 aromatic carbocycles. The molecule has 0 saturated carbocycles. The normalized spacial score (nSPS) is 11.3. The van der Waals surface area contributed by atoms with Crippen molar-refractivity contribution in [2.75, 3.05) is 0 Å². The zero-order chi connectivity index (χ0) is 16.5. The van der Waals surface area contributed by atoms with Gasteiger partial charge in [0, 0.05) is 10.6 Å². The third kappa shape index (κ3) is 3.03. The van der Waals surface area contributed by atoms with Crippen molar-refractivity contribution < 1.29 is 14.8 Å². The van der Waals surface area contributed by atoms with Gasteiger partial charge in [0.1, 0.15) is 5.69 Å². The predicted molar refractivity (Wildman–Crippen MR) is 81.4 cm³/mol. The first-order chi connectivity index (χ1) is 10.3. The van der Waals surface area contributed by atoms with Crippen molar-refractivity contribution in [3.05, 3.63) is 52.3 Å². The van der Waals surface area contributed by atoms with Crippen LogP contribution in [-0.4, -0.2) is 26.7 Å². The van der Waals surface area contributed by atoms with Crippen LogP contribution in [0.2, 0.25) is 5.02 Å². The van der Waals surface area contributed by atoms with Crippen molar-refractivity contribution in [3.63, 3.8) is 0 Å². The van der Waals surface area contributed by atoms with Crippen LogP contribution in [0.1, 0.15) is 47.2 Å². The van der Waals surface area contributed by atoms with Crippen molar-refractivity contribution in [2.45, 2.75) is 26.3 Å². The average Bonchev–Trinajstić information content (AvgIpc) is 2.90. The molecule has 6 nitrogen and oxygen atoms in total. The first kappa shape index (κ1) is 16.2. The number of carbonyl (C=O) groups is 2. The van der Waals surface area contributed by atoms with E-state index in [1.54, 1.807) is 23.7 Å². The molecule has 1 amide bonds. The minimum atomic E-state index is -0.794. The molecule has 2 N–H and O–H groups in total. The summed E-state index contributed by atoms with van der Waals surface area (Å²) in [6.45, 7) is 5.51. The largest absolute Gasteiger partial charge is 0.293 e. The molecule has 22 heavy (non-hydrogen) atoms. The summed E-state index contributed by atoms with van der Waals surface area (Å²) in [5, 5.41) is 13.5. The van der Waals surface area contributed by atoms with Gasteiger partial charge in [-0.2, -0.15) is 5.10 Å². The van der Waals surface area contributed by atoms with Gasteiger partial charge in [0.05, 0.1) is 17.3 Å². The Hall–Kier alpha value is -2.18. The number of rotatable bonds is 3. The maximum absolute atomic E-state index is 12.6. The van der Waals surface area contributed by atoms with Crippen LogP contribution in [0.4, 0.5) is 0 Å². The lowest BCUT2D eigenvalue weighted by atomic mass is 10.0. The lowest BCUT2D eigenvalue weighted by molar-refractivity contribution is 0.0683. The first-order valence-electron chi connectivity index (χ1n) is 6.59. The highest BCUT2D eigenvalue weighted by Crippen LogP contribution is 2.22. The molecule has 0 atom stereocenters. The molecule has 0 fully saturated rings. The Morgan fingerprint density at radius 3 is 2.55 bits per heavy atom. The predicted octanol–water partition coefficient (Wildman–Crippen LogP) is 2.64. The second-order valence-electron chi connectivity index (χ2n) is 5.77. The van der Waals surface area contributed by atoms with Crippen molar-refractivity contribution in [1.82, 2.24) is 15.3 Å². The molecular formula is C15H16ClN3O3. The van der Waals surface area contributed by atoms with Crippen molar-refractivity contribution >= 4 is 23.3 Å². The van der Waals surface area contributed by atoms with Gasteiger partial charge in [-0.25, -0.2) is 5.48 Å². The zero-order valence-electron chi connectivity index (χ0n) is 12.4. The Labute approximate surface area is 132 Å². The summed E-state index contributed by atoms with van der Waals surface area (Å²) in [7, 11) is 0. The molecule has 1 aromatic heterocycles. The molecule has 2 aromatic rings. The van der Waals surface area contributed by atoms with Crippen LogP contribution in [0.3, 0.4) is 0 Å². The smallest absolute Gasteiger partial charge is 0.288 e. The molecular weight excluding hydrogens is 306 g/mol. The van der Waals surface area contributed by atoms with Crippen LogP contribution < -0.4 is 5.48 Å². The molecule has 0 aliphatic heterocycles. The van der Waals surface area contributed by atoms with E-state index < -0.39 is 17.2 Å². The third-order valence-electron chi connectivity index (χ3n) is 3.05. The van der Waals surface area contributed by atoms with Crippen molar-refractivity contribution in [1.29, 1.82) is 0 Å². The Balaban J connectivity index is 2.58. The van der Waals surface area contributed by atoms with Gasteiger partial charge >= 0.3 is 0 Å². The number of aromatic nitrogens is 2. The molecule has 7 heteroatoms. The highest BCUT2D eigenvalue weighted by atomic mass is 35.5. The number of hydrogen-bond acceptors (Lipinski definition) is 4. The standard InChI is InChI=1S/C15H16ClN3O3/c1-15(2,3)19-12(14(21)18-22)11(8-17-19)13(20)9-5-4-6-10(16)7-9/h4-8,22H,1-3H3,(H,18,21). The lowest BCUT2D eigenvalue weighted by Gasteiger charge is -2.21. The highest BCUT2D eigenvalue weighted by molar-refractivity contribution is 6.31. The van der Waals surface area contributed by atoms with Crippen LogP contribution in [0.15, 0.2) is 30.5 Å². The Morgan fingerprint density at radius 1 is 1.32 bits per heavy atom. The topological polar surface area (TPSA) is 84.2 Å². The fourth-order valence-electron chi connectivity index (χ4n) is 2.08. The summed E-state index contributed by atoms with van der Waals surface area (Å²) in [5.41, 5.74) is 1.47. The summed E-state index contributed by atoms with van der Waals surface area (Å²) in [6.07, 6.45) is 1.32. The molecule has 0 spiro atoms. The number of carbonyl (C=O) groups excluding carboxylic acids is 2. The van der Waals surface area contributed by atoms with E-state index in [0.717, 1.165) is 0 Å². The van der Waals surface area contributed by atoms with Crippen LogP contribution in [0, 0.1) is 0 Å². The number of ketones is 1. The van der Waals surface area contributed by atoms with Gasteiger partial charge in [-0.15, -0.1) is 0 Å². The molecule has 0 aliphatic carbocycles. The molecule has 0 saturated heterocycles. The average molecular weight is 322 g/mol. The minimum absolute atomic E-state index is 0.0000227. The maximum atomic E-state index is 12.6. The number of nitrogens with zero attached hydrogens (tertiary/aromatic N) is 2. The monoisotopic (exact) mass is 321 g/mol. The third-order valence-corrected chi connectivity index (χ3v) is 3.29. The molecule has 0 unspecified atom stereocenters. The van der Waals surface area contributed by atoms with Gasteiger partial charge in [-0.1, -0.05) is 23.7 Å². The first-order valence-corrected chi connectivity index (χ1v) is 6.96. The lowest BCUT2D eigenvalue weighted by Crippen LogP contribution is -2.32. The quantitative estimate of drug-likeness (QED) is 0.517. The van der Waals surface area contributed by atoms with E-state index in [2.05, 4.69) is 5.10 Å². The van der Waals surface area contributed by atoms with E-state index in [9.17, 15) is 9.59 Å². The number of nitrogens with one attached hydrogen (secondary N) is 1. The van der Waals surface area contributed by atoms with E-state index in [-0.39, 0.29) is 11.3 Å². The van der Waals surface area contributed by atoms with Crippen LogP contribution in [0.25, 0.3) is 0 Å². The molecule has 2 rings (SSSR count). The fraction of sp³-hybridized carbons (Fsp3) is 0.267. The number of halogens is 1. The van der Waals surface area contributed by atoms with Crippen LogP contribution >= 0.6 is 11.6 Å². The summed E-state index contributed by atoms with van der Waals surface area (Å²) in [6, 6.07) is 6.41. The summed E-state index contributed by atoms with van der Waals surface area (Å²) < 4.78 is 1.40. The van der Waals surface area contributed by atoms with Crippen molar-refractivity contribution in [3.8, 4) is 0 Å². The maximum Gasteiger partial charge on any atom is 0.293 e. The van der Waals surface area contributed by atoms with E-state index in [0.29, 0.717) is 10.6 Å². The van der Waals surface area contributed by atoms with Crippen molar-refractivity contribution in [2.24, 2.45) is 0 Å². The number of benzene rings is 1. The van der Waals surface area contributed by atoms with Gasteiger partial charge in [0.25, 0.3) is 5.91 Å². The highest BCUT2D eigenvalue weighted by Gasteiger charge is 2.29. The van der Waals surface area contributed by atoms with Crippen LogP contribution in [-0.2, 0) is 5.54 Å². The second-order valence-corrected chi connectivity index (χ2v) is 6.21. The van der Waals surface area contributed by atoms with Gasteiger partial charge in [0.15, 0.2) is 5.78 Å². The van der Waals surface area contributed by atoms with E-state index in [1.165, 1.54) is 16.9 Å². The van der Waals surface area contributed by atoms with E-state index in [4.69, 9.17) is 16.8 Å². The van der Waals surface area contributed by atoms with Gasteiger partial charge < -0.3 is 0 Å². The second kappa shape index (κ2) is 5.90. The number of hydroxylamine groups is 1. The summed E-state index contributed by atoms with van der Waals surface area (Å²) in [4.78, 5) is 24.6. The SMILES string of the molecule is CC(C)(C)n1ncc(C(=O)c2cccc(Cl)c2)c1C(=O)NO. The van der Waals surface area contributed by atoms with Gasteiger partial charge in [-0.3, -0.25) is 19.5 Å². The summed E-state index contributed by atoms with van der Waals surface area (Å²) >= 11 is 5.89. The zero-order valence-corrected chi connectivity index (χ0v) is 13.2. The fourth-order valence-corrected chi connectivity index (χ4v) is 2.27. The molecule has 1 heterocycles.